The lowest BCUT2D eigenvalue weighted by Gasteiger charge is -1.96. The Balaban J connectivity index is 2.84. The van der Waals surface area contributed by atoms with E-state index in [1.54, 1.807) is 6.08 Å². The van der Waals surface area contributed by atoms with E-state index in [0.29, 0.717) is 18.5 Å². The van der Waals surface area contributed by atoms with Gasteiger partial charge in [-0.2, -0.15) is 0 Å². The van der Waals surface area contributed by atoms with Gasteiger partial charge in [-0.15, -0.1) is 0 Å². The molecule has 0 bridgehead atoms. The van der Waals surface area contributed by atoms with Crippen LogP contribution in [0.2, 0.25) is 0 Å². The maximum absolute atomic E-state index is 12.8. The lowest BCUT2D eigenvalue weighted by atomic mass is 10.2. The van der Waals surface area contributed by atoms with Crippen LogP contribution in [-0.4, -0.2) is 24.9 Å². The van der Waals surface area contributed by atoms with Gasteiger partial charge in [0.25, 0.3) is 0 Å². The summed E-state index contributed by atoms with van der Waals surface area (Å²) in [4.78, 5) is 14.2. The Morgan fingerprint density at radius 2 is 2.43 bits per heavy atom. The third-order valence-electron chi connectivity index (χ3n) is 1.64. The highest BCUT2D eigenvalue weighted by Crippen LogP contribution is 2.06. The average Bonchev–Trinajstić information content (AvgIpc) is 2.21. The van der Waals surface area contributed by atoms with Crippen LogP contribution in [0.15, 0.2) is 18.3 Å². The molecule has 0 aliphatic rings. The maximum Gasteiger partial charge on any atom is 0.153 e. The quantitative estimate of drug-likeness (QED) is 0.734. The Kier molecular flexibility index (Phi) is 3.94. The van der Waals surface area contributed by atoms with E-state index in [0.717, 1.165) is 6.20 Å². The van der Waals surface area contributed by atoms with Crippen LogP contribution in [0, 0.1) is 5.82 Å². The molecule has 0 radical (unpaired) electrons. The number of pyridine rings is 1. The fourth-order valence-corrected chi connectivity index (χ4v) is 0.950. The molecule has 0 spiro atoms. The Morgan fingerprint density at radius 1 is 1.64 bits per heavy atom. The zero-order valence-corrected chi connectivity index (χ0v) is 7.83. The Bertz CT molecular complexity index is 350. The second-order valence-corrected chi connectivity index (χ2v) is 2.71. The normalized spacial score (nSPS) is 10.7. The predicted octanol–water partition coefficient (Wildman–Crippen LogP) is 1.27. The Labute approximate surface area is 81.7 Å². The molecule has 0 aliphatic heterocycles. The predicted molar refractivity (Wildman–Crippen MR) is 52.5 cm³/mol. The van der Waals surface area contributed by atoms with E-state index in [1.165, 1.54) is 6.07 Å². The highest BCUT2D eigenvalue weighted by molar-refractivity contribution is 5.76. The minimum absolute atomic E-state index is 0.0316. The molecule has 74 valence electrons. The monoisotopic (exact) mass is 194 g/mol. The van der Waals surface area contributed by atoms with Crippen LogP contribution in [0.5, 0.6) is 0 Å². The zero-order chi connectivity index (χ0) is 10.4. The third-order valence-corrected chi connectivity index (χ3v) is 1.64. The van der Waals surface area contributed by atoms with Gasteiger partial charge in [-0.05, 0) is 19.2 Å². The second-order valence-electron chi connectivity index (χ2n) is 2.71. The highest BCUT2D eigenvalue weighted by Gasteiger charge is 2.00. The van der Waals surface area contributed by atoms with Gasteiger partial charge in [-0.1, -0.05) is 6.08 Å². The van der Waals surface area contributed by atoms with Crippen LogP contribution in [-0.2, 0) is 0 Å². The summed E-state index contributed by atoms with van der Waals surface area (Å²) >= 11 is 0. The molecule has 1 heterocycles. The molecule has 0 amide bonds. The first-order chi connectivity index (χ1) is 6.77. The molecular weight excluding hydrogens is 183 g/mol. The van der Waals surface area contributed by atoms with E-state index in [-0.39, 0.29) is 5.56 Å². The number of hydrogen-bond acceptors (Lipinski definition) is 3. The molecule has 1 N–H and O–H groups in total. The maximum atomic E-state index is 12.8. The van der Waals surface area contributed by atoms with Crippen molar-refractivity contribution < 1.29 is 9.18 Å². The number of nitrogens with zero attached hydrogens (tertiary/aromatic N) is 1. The number of aromatic nitrogens is 1. The van der Waals surface area contributed by atoms with Crippen molar-refractivity contribution in [1.82, 2.24) is 10.3 Å². The van der Waals surface area contributed by atoms with E-state index in [4.69, 9.17) is 0 Å². The van der Waals surface area contributed by atoms with Gasteiger partial charge in [0.1, 0.15) is 0 Å². The van der Waals surface area contributed by atoms with Crippen LogP contribution < -0.4 is 5.32 Å². The van der Waals surface area contributed by atoms with E-state index in [1.807, 2.05) is 13.1 Å². The molecule has 1 rings (SSSR count). The summed E-state index contributed by atoms with van der Waals surface area (Å²) in [6, 6.07) is 1.41. The van der Waals surface area contributed by atoms with Gasteiger partial charge in [0.05, 0.1) is 17.5 Å². The first kappa shape index (κ1) is 10.5. The highest BCUT2D eigenvalue weighted by atomic mass is 19.1. The van der Waals surface area contributed by atoms with Crippen molar-refractivity contribution in [1.29, 1.82) is 0 Å². The molecule has 0 aromatic carbocycles. The summed E-state index contributed by atoms with van der Waals surface area (Å²) in [6.45, 7) is 0.704. The van der Waals surface area contributed by atoms with Crippen LogP contribution in [0.4, 0.5) is 4.39 Å². The van der Waals surface area contributed by atoms with Crippen LogP contribution in [0.1, 0.15) is 16.1 Å². The molecule has 1 aromatic rings. The van der Waals surface area contributed by atoms with Gasteiger partial charge >= 0.3 is 0 Å². The molecule has 0 unspecified atom stereocenters. The van der Waals surface area contributed by atoms with Crippen molar-refractivity contribution >= 4 is 12.4 Å². The lowest BCUT2D eigenvalue weighted by molar-refractivity contribution is 0.111. The van der Waals surface area contributed by atoms with Crippen LogP contribution in [0.3, 0.4) is 0 Å². The molecule has 4 heteroatoms. The van der Waals surface area contributed by atoms with E-state index in [9.17, 15) is 9.18 Å². The van der Waals surface area contributed by atoms with Gasteiger partial charge in [-0.3, -0.25) is 9.78 Å². The molecule has 0 atom stereocenters. The third kappa shape index (κ3) is 2.74. The van der Waals surface area contributed by atoms with Crippen molar-refractivity contribution in [3.05, 3.63) is 35.4 Å². The van der Waals surface area contributed by atoms with E-state index >= 15 is 0 Å². The van der Waals surface area contributed by atoms with Gasteiger partial charge in [-0.25, -0.2) is 4.39 Å². The van der Waals surface area contributed by atoms with Crippen molar-refractivity contribution in [2.45, 2.75) is 0 Å². The number of hydrogen-bond donors (Lipinski definition) is 1. The Hall–Kier alpha value is -1.55. The number of aldehydes is 1. The van der Waals surface area contributed by atoms with Crippen molar-refractivity contribution in [3.8, 4) is 0 Å². The van der Waals surface area contributed by atoms with E-state index < -0.39 is 5.82 Å². The summed E-state index contributed by atoms with van der Waals surface area (Å²) in [5, 5.41) is 2.92. The van der Waals surface area contributed by atoms with Crippen molar-refractivity contribution in [3.63, 3.8) is 0 Å². The summed E-state index contributed by atoms with van der Waals surface area (Å²) in [6.07, 6.45) is 5.09. The van der Waals surface area contributed by atoms with Gasteiger partial charge < -0.3 is 5.32 Å². The SMILES string of the molecule is CNCC=Cc1cc(C=O)c(F)cn1. The molecule has 0 aliphatic carbocycles. The van der Waals surface area contributed by atoms with Gasteiger partial charge in [0.2, 0.25) is 0 Å². The largest absolute Gasteiger partial charge is 0.316 e. The van der Waals surface area contributed by atoms with Crippen molar-refractivity contribution in [2.75, 3.05) is 13.6 Å². The molecular formula is C10H11FN2O. The zero-order valence-electron chi connectivity index (χ0n) is 7.83. The molecule has 14 heavy (non-hydrogen) atoms. The first-order valence-corrected chi connectivity index (χ1v) is 4.20. The number of halogens is 1. The Morgan fingerprint density at radius 3 is 3.07 bits per heavy atom. The smallest absolute Gasteiger partial charge is 0.153 e. The number of likely N-dealkylation sites (N-methyl/N-ethyl adjacent to an activating group) is 1. The van der Waals surface area contributed by atoms with Crippen molar-refractivity contribution in [2.24, 2.45) is 0 Å². The number of rotatable bonds is 4. The average molecular weight is 194 g/mol. The number of nitrogens with one attached hydrogen (secondary N) is 1. The topological polar surface area (TPSA) is 42.0 Å². The molecule has 3 nitrogen and oxygen atoms in total. The van der Waals surface area contributed by atoms with Crippen LogP contribution >= 0.6 is 0 Å². The molecule has 0 fully saturated rings. The molecule has 0 saturated carbocycles. The van der Waals surface area contributed by atoms with Gasteiger partial charge in [0.15, 0.2) is 12.1 Å². The summed E-state index contributed by atoms with van der Waals surface area (Å²) in [7, 11) is 1.82. The lowest BCUT2D eigenvalue weighted by Crippen LogP contribution is -2.03. The fraction of sp³-hybridized carbons (Fsp3) is 0.200. The van der Waals surface area contributed by atoms with Crippen LogP contribution in [0.25, 0.3) is 6.08 Å². The summed E-state index contributed by atoms with van der Waals surface area (Å²) in [5.74, 6) is -0.592. The minimum atomic E-state index is -0.592. The number of carbonyl (C=O) groups is 1. The number of carbonyl (C=O) groups excluding carboxylic acids is 1. The second kappa shape index (κ2) is 5.24. The fourth-order valence-electron chi connectivity index (χ4n) is 0.950. The minimum Gasteiger partial charge on any atom is -0.316 e. The summed E-state index contributed by atoms with van der Waals surface area (Å²) < 4.78 is 12.8. The molecule has 0 saturated heterocycles. The van der Waals surface area contributed by atoms with Gasteiger partial charge in [0, 0.05) is 6.54 Å². The standard InChI is InChI=1S/C10H11FN2O/c1-12-4-2-3-9-5-8(7-14)10(11)6-13-9/h2-3,5-7,12H,4H2,1H3. The van der Waals surface area contributed by atoms with E-state index in [2.05, 4.69) is 10.3 Å². The summed E-state index contributed by atoms with van der Waals surface area (Å²) in [5.41, 5.74) is 0.604. The first-order valence-electron chi connectivity index (χ1n) is 4.20. The molecule has 1 aromatic heterocycles.